The van der Waals surface area contributed by atoms with Crippen LogP contribution in [0, 0.1) is 31.5 Å². The van der Waals surface area contributed by atoms with Crippen molar-refractivity contribution in [3.63, 3.8) is 0 Å². The molecule has 1 saturated carbocycles. The number of aliphatic hydroxyl groups excluding tert-OH is 1. The van der Waals surface area contributed by atoms with Crippen molar-refractivity contribution >= 4 is 34.9 Å². The lowest BCUT2D eigenvalue weighted by molar-refractivity contribution is -0.118. The Morgan fingerprint density at radius 1 is 1.16 bits per heavy atom. The summed E-state index contributed by atoms with van der Waals surface area (Å²) in [6.45, 7) is 4.11. The molecular weight excluding hydrogens is 587 g/mol. The Morgan fingerprint density at radius 3 is 2.65 bits per heavy atom. The van der Waals surface area contributed by atoms with Crippen molar-refractivity contribution in [1.82, 2.24) is 24.7 Å². The van der Waals surface area contributed by atoms with Crippen LogP contribution >= 0.6 is 11.6 Å². The predicted molar refractivity (Wildman–Crippen MR) is 150 cm³/mol. The van der Waals surface area contributed by atoms with Crippen molar-refractivity contribution in [3.8, 4) is 11.3 Å². The number of carbonyl (C=O) groups excluding carboxylic acids is 2. The fraction of sp³-hybridized carbons (Fsp3) is 0.310. The SMILES string of the molecule is Cc1c([C@@H](CO)n2cc(NC(=O)c3cncc(-c4c(C(F)F)ccc(Cl)c4F)n3)cn2)cnc(N2C[C@H]3C[C@H]3C2=O)c1C. The first-order valence-corrected chi connectivity index (χ1v) is 13.8. The second-order valence-corrected chi connectivity index (χ2v) is 11.0. The molecule has 3 aromatic heterocycles. The quantitative estimate of drug-likeness (QED) is 0.290. The largest absolute Gasteiger partial charge is 0.394 e. The molecule has 10 nitrogen and oxygen atoms in total. The molecule has 0 unspecified atom stereocenters. The number of alkyl halides is 2. The Balaban J connectivity index is 1.22. The Kier molecular flexibility index (Phi) is 7.38. The average Bonchev–Trinajstić information content (AvgIpc) is 3.50. The number of nitrogens with zero attached hydrogens (tertiary/aromatic N) is 6. The van der Waals surface area contributed by atoms with E-state index in [-0.39, 0.29) is 40.5 Å². The number of aliphatic hydroxyl groups is 1. The first-order chi connectivity index (χ1) is 20.6. The van der Waals surface area contributed by atoms with Gasteiger partial charge in [0.15, 0.2) is 5.82 Å². The zero-order chi connectivity index (χ0) is 30.6. The Labute approximate surface area is 248 Å². The maximum absolute atomic E-state index is 14.7. The molecular formula is C29H25ClF3N7O3. The Morgan fingerprint density at radius 2 is 1.95 bits per heavy atom. The fourth-order valence-corrected chi connectivity index (χ4v) is 5.64. The summed E-state index contributed by atoms with van der Waals surface area (Å²) in [5, 5.41) is 16.8. The third kappa shape index (κ3) is 5.12. The van der Waals surface area contributed by atoms with Gasteiger partial charge in [0.05, 0.1) is 41.6 Å². The number of piperidine rings is 1. The highest BCUT2D eigenvalue weighted by molar-refractivity contribution is 6.31. The summed E-state index contributed by atoms with van der Waals surface area (Å²) in [4.78, 5) is 39.8. The van der Waals surface area contributed by atoms with Gasteiger partial charge in [0.1, 0.15) is 17.6 Å². The monoisotopic (exact) mass is 611 g/mol. The van der Waals surface area contributed by atoms with Gasteiger partial charge in [-0.15, -0.1) is 0 Å². The summed E-state index contributed by atoms with van der Waals surface area (Å²) in [7, 11) is 0. The van der Waals surface area contributed by atoms with E-state index in [0.29, 0.717) is 23.8 Å². The van der Waals surface area contributed by atoms with Crippen molar-refractivity contribution in [3.05, 3.63) is 81.9 Å². The van der Waals surface area contributed by atoms with Crippen LogP contribution in [-0.4, -0.2) is 54.8 Å². The third-order valence-corrected chi connectivity index (χ3v) is 8.32. The van der Waals surface area contributed by atoms with Crippen molar-refractivity contribution in [1.29, 1.82) is 0 Å². The lowest BCUT2D eigenvalue weighted by Gasteiger charge is -2.24. The zero-order valence-electron chi connectivity index (χ0n) is 22.9. The van der Waals surface area contributed by atoms with E-state index in [2.05, 4.69) is 25.4 Å². The Hall–Kier alpha value is -4.36. The molecule has 0 bridgehead atoms. The van der Waals surface area contributed by atoms with Gasteiger partial charge in [-0.3, -0.25) is 24.2 Å². The van der Waals surface area contributed by atoms with Gasteiger partial charge in [0, 0.05) is 41.5 Å². The molecule has 4 aromatic rings. The number of benzene rings is 1. The highest BCUT2D eigenvalue weighted by atomic mass is 35.5. The first kappa shape index (κ1) is 28.7. The third-order valence-electron chi connectivity index (χ3n) is 8.03. The molecule has 3 atom stereocenters. The van der Waals surface area contributed by atoms with Gasteiger partial charge in [0.2, 0.25) is 5.91 Å². The molecule has 43 heavy (non-hydrogen) atoms. The van der Waals surface area contributed by atoms with Crippen LogP contribution in [0.1, 0.15) is 51.6 Å². The molecule has 1 aromatic carbocycles. The summed E-state index contributed by atoms with van der Waals surface area (Å²) < 4.78 is 43.4. The highest BCUT2D eigenvalue weighted by Gasteiger charge is 2.53. The topological polar surface area (TPSA) is 126 Å². The van der Waals surface area contributed by atoms with Crippen LogP contribution in [0.3, 0.4) is 0 Å². The maximum atomic E-state index is 14.7. The number of amides is 2. The van der Waals surface area contributed by atoms with Crippen molar-refractivity contribution in [2.75, 3.05) is 23.4 Å². The molecule has 0 spiro atoms. The molecule has 2 amide bonds. The van der Waals surface area contributed by atoms with Gasteiger partial charge in [-0.2, -0.15) is 5.10 Å². The van der Waals surface area contributed by atoms with E-state index in [1.54, 1.807) is 11.1 Å². The second-order valence-electron chi connectivity index (χ2n) is 10.6. The summed E-state index contributed by atoms with van der Waals surface area (Å²) in [6, 6.07) is 1.37. The molecule has 0 radical (unpaired) electrons. The molecule has 1 saturated heterocycles. The highest BCUT2D eigenvalue weighted by Crippen LogP contribution is 2.47. The normalized spacial score (nSPS) is 18.2. The van der Waals surface area contributed by atoms with Gasteiger partial charge >= 0.3 is 0 Å². The minimum absolute atomic E-state index is 0.0984. The molecule has 1 aliphatic heterocycles. The molecule has 2 aliphatic rings. The van der Waals surface area contributed by atoms with Crippen LogP contribution < -0.4 is 10.2 Å². The summed E-state index contributed by atoms with van der Waals surface area (Å²) >= 11 is 5.81. The van der Waals surface area contributed by atoms with Crippen LogP contribution in [0.25, 0.3) is 11.3 Å². The number of anilines is 2. The summed E-state index contributed by atoms with van der Waals surface area (Å²) in [6.07, 6.45) is 4.59. The van der Waals surface area contributed by atoms with Crippen LogP contribution in [0.15, 0.2) is 43.1 Å². The molecule has 14 heteroatoms. The van der Waals surface area contributed by atoms with E-state index >= 15 is 0 Å². The average molecular weight is 612 g/mol. The van der Waals surface area contributed by atoms with E-state index < -0.39 is 35.3 Å². The molecule has 1 aliphatic carbocycles. The minimum atomic E-state index is -3.02. The molecule has 2 N–H and O–H groups in total. The number of aromatic nitrogens is 5. The lowest BCUT2D eigenvalue weighted by Crippen LogP contribution is -2.30. The van der Waals surface area contributed by atoms with Crippen LogP contribution in [0.4, 0.5) is 24.7 Å². The Bertz CT molecular complexity index is 1770. The first-order valence-electron chi connectivity index (χ1n) is 13.4. The molecule has 4 heterocycles. The minimum Gasteiger partial charge on any atom is -0.394 e. The summed E-state index contributed by atoms with van der Waals surface area (Å²) in [5.41, 5.74) is 0.897. The molecule has 6 rings (SSSR count). The fourth-order valence-electron chi connectivity index (χ4n) is 5.48. The van der Waals surface area contributed by atoms with E-state index in [9.17, 15) is 27.9 Å². The number of rotatable bonds is 8. The van der Waals surface area contributed by atoms with Gasteiger partial charge in [-0.1, -0.05) is 17.7 Å². The molecule has 222 valence electrons. The van der Waals surface area contributed by atoms with Gasteiger partial charge in [0.25, 0.3) is 12.3 Å². The smallest absolute Gasteiger partial charge is 0.275 e. The van der Waals surface area contributed by atoms with E-state index in [4.69, 9.17) is 11.6 Å². The van der Waals surface area contributed by atoms with Gasteiger partial charge in [-0.05, 0) is 43.4 Å². The van der Waals surface area contributed by atoms with Gasteiger partial charge in [-0.25, -0.2) is 23.1 Å². The number of fused-ring (bicyclic) bond motifs is 1. The van der Waals surface area contributed by atoms with Crippen molar-refractivity contribution in [2.24, 2.45) is 11.8 Å². The van der Waals surface area contributed by atoms with Gasteiger partial charge < -0.3 is 10.4 Å². The number of hydrogen-bond donors (Lipinski definition) is 2. The predicted octanol–water partition coefficient (Wildman–Crippen LogP) is 4.90. The second kappa shape index (κ2) is 11.0. The maximum Gasteiger partial charge on any atom is 0.275 e. The van der Waals surface area contributed by atoms with Crippen LogP contribution in [0.2, 0.25) is 5.02 Å². The summed E-state index contributed by atoms with van der Waals surface area (Å²) in [5.74, 6) is -0.628. The number of carbonyl (C=O) groups is 2. The van der Waals surface area contributed by atoms with E-state index in [0.717, 1.165) is 42.1 Å². The number of pyridine rings is 1. The van der Waals surface area contributed by atoms with Crippen molar-refractivity contribution < 1.29 is 27.9 Å². The van der Waals surface area contributed by atoms with Crippen molar-refractivity contribution in [2.45, 2.75) is 32.7 Å². The van der Waals surface area contributed by atoms with E-state index in [1.807, 2.05) is 13.8 Å². The van der Waals surface area contributed by atoms with E-state index in [1.165, 1.54) is 17.1 Å². The lowest BCUT2D eigenvalue weighted by atomic mass is 10.00. The molecule has 2 fully saturated rings. The standard InChI is InChI=1S/C29H25ClF3N7O3/c1-13-14(2)27(39-10-15-5-18(15)29(39)43)35-7-19(13)23(12-41)40-11-16(6-36-40)37-28(42)22-9-34-8-21(38-22)24-17(26(32)33)3-4-20(30)25(24)31/h3-4,6-9,11,15,18,23,26,41H,5,10,12H2,1-2H3,(H,37,42)/t15-,18-,23-/m1/s1. The number of nitrogens with one attached hydrogen (secondary N) is 1. The number of hydrogen-bond acceptors (Lipinski definition) is 7. The number of halogens is 4. The van der Waals surface area contributed by atoms with Crippen LogP contribution in [-0.2, 0) is 4.79 Å². The zero-order valence-corrected chi connectivity index (χ0v) is 23.7. The van der Waals surface area contributed by atoms with Crippen LogP contribution in [0.5, 0.6) is 0 Å².